The number of nitrogens with zero attached hydrogens (tertiary/aromatic N) is 1. The van der Waals surface area contributed by atoms with Crippen LogP contribution in [0.5, 0.6) is 5.75 Å². The van der Waals surface area contributed by atoms with E-state index in [0.717, 1.165) is 19.3 Å². The molecule has 1 aromatic carbocycles. The first-order chi connectivity index (χ1) is 18.2. The first-order valence-corrected chi connectivity index (χ1v) is 15.6. The molecule has 0 saturated carbocycles. The summed E-state index contributed by atoms with van der Waals surface area (Å²) in [4.78, 5) is 22.8. The van der Waals surface area contributed by atoms with Crippen molar-refractivity contribution in [3.63, 3.8) is 0 Å². The van der Waals surface area contributed by atoms with Gasteiger partial charge in [-0.05, 0) is 44.4 Å². The van der Waals surface area contributed by atoms with E-state index in [1.54, 1.807) is 0 Å². The van der Waals surface area contributed by atoms with Crippen molar-refractivity contribution < 1.29 is 24.3 Å². The van der Waals surface area contributed by atoms with Crippen molar-refractivity contribution >= 4 is 11.8 Å². The first kappa shape index (κ1) is 36.1. The summed E-state index contributed by atoms with van der Waals surface area (Å²) in [6.45, 7) is 9.37. The molecule has 0 aliphatic heterocycles. The van der Waals surface area contributed by atoms with Gasteiger partial charge in [-0.1, -0.05) is 104 Å². The van der Waals surface area contributed by atoms with E-state index >= 15 is 0 Å². The number of Topliss-reactive ketones (excluding diaryl/α,β-unsaturated/α-hetero) is 1. The van der Waals surface area contributed by atoms with Crippen LogP contribution in [0.1, 0.15) is 157 Å². The van der Waals surface area contributed by atoms with Gasteiger partial charge < -0.3 is 19.5 Å². The zero-order valence-corrected chi connectivity index (χ0v) is 25.5. The number of carboxylic acid groups (broad SMARTS) is 1. The lowest BCUT2D eigenvalue weighted by atomic mass is 10.0. The second kappa shape index (κ2) is 23.0. The SMILES string of the molecule is CCCCCCCCCC(=O)c1ccc(O)c(C(=O)[O-])c1.CCCCCCCCCCCC[N+](C)(C)CC. The molecule has 0 aliphatic carbocycles. The maximum Gasteiger partial charge on any atom is 0.162 e. The number of benzene rings is 1. The van der Waals surface area contributed by atoms with Gasteiger partial charge in [0.1, 0.15) is 5.75 Å². The highest BCUT2D eigenvalue weighted by molar-refractivity contribution is 5.99. The number of unbranched alkanes of at least 4 members (excludes halogenated alkanes) is 15. The van der Waals surface area contributed by atoms with Crippen LogP contribution in [-0.4, -0.2) is 48.5 Å². The second-order valence-electron chi connectivity index (χ2n) is 11.5. The summed E-state index contributed by atoms with van der Waals surface area (Å²) < 4.78 is 1.19. The standard InChI is InChI=1S/C17H24O4.C16H36N/c1-2-3-4-5-6-7-8-9-15(18)13-10-11-16(19)14(12-13)17(20)21;1-5-7-8-9-10-11-12-13-14-15-16-17(3,4)6-2/h10-12,19H,2-9H2,1H3,(H,20,21);5-16H2,1-4H3/q;+1/p-1. The Hall–Kier alpha value is -1.88. The molecule has 0 bridgehead atoms. The van der Waals surface area contributed by atoms with E-state index < -0.39 is 5.97 Å². The van der Waals surface area contributed by atoms with Gasteiger partial charge in [-0.15, -0.1) is 0 Å². The molecule has 0 saturated heterocycles. The van der Waals surface area contributed by atoms with Gasteiger partial charge in [0.15, 0.2) is 5.78 Å². The van der Waals surface area contributed by atoms with E-state index in [1.807, 2.05) is 0 Å². The quantitative estimate of drug-likeness (QED) is 0.0928. The van der Waals surface area contributed by atoms with Crippen molar-refractivity contribution in [1.82, 2.24) is 0 Å². The molecule has 0 unspecified atom stereocenters. The Morgan fingerprint density at radius 2 is 1.16 bits per heavy atom. The summed E-state index contributed by atoms with van der Waals surface area (Å²) >= 11 is 0. The fourth-order valence-corrected chi connectivity index (χ4v) is 4.45. The Morgan fingerprint density at radius 1 is 0.711 bits per heavy atom. The van der Waals surface area contributed by atoms with Crippen LogP contribution in [0.25, 0.3) is 0 Å². The first-order valence-electron chi connectivity index (χ1n) is 15.6. The maximum atomic E-state index is 12.0. The molecule has 0 aliphatic rings. The highest BCUT2D eigenvalue weighted by Gasteiger charge is 2.11. The number of carbonyl (C=O) groups excluding carboxylic acids is 2. The van der Waals surface area contributed by atoms with Gasteiger partial charge in [0.2, 0.25) is 0 Å². The Kier molecular flexibility index (Phi) is 21.9. The molecule has 5 heteroatoms. The molecule has 0 amide bonds. The number of rotatable bonds is 22. The van der Waals surface area contributed by atoms with Crippen LogP contribution in [-0.2, 0) is 0 Å². The Balaban J connectivity index is 0.000000739. The topological polar surface area (TPSA) is 77.4 Å². The summed E-state index contributed by atoms with van der Waals surface area (Å²) in [5.41, 5.74) is -0.0154. The summed E-state index contributed by atoms with van der Waals surface area (Å²) in [5.74, 6) is -1.94. The van der Waals surface area contributed by atoms with Crippen LogP contribution in [0, 0.1) is 0 Å². The molecule has 1 rings (SSSR count). The summed E-state index contributed by atoms with van der Waals surface area (Å²) in [5, 5.41) is 20.2. The molecule has 220 valence electrons. The number of phenols is 1. The van der Waals surface area contributed by atoms with Gasteiger partial charge in [0.05, 0.1) is 33.2 Å². The van der Waals surface area contributed by atoms with Gasteiger partial charge in [-0.25, -0.2) is 0 Å². The fourth-order valence-electron chi connectivity index (χ4n) is 4.45. The minimum absolute atomic E-state index is 0.0916. The van der Waals surface area contributed by atoms with E-state index in [0.29, 0.717) is 12.0 Å². The van der Waals surface area contributed by atoms with Crippen LogP contribution in [0.2, 0.25) is 0 Å². The van der Waals surface area contributed by atoms with Gasteiger partial charge in [0, 0.05) is 17.5 Å². The highest BCUT2D eigenvalue weighted by atomic mass is 16.4. The van der Waals surface area contributed by atoms with Crippen LogP contribution < -0.4 is 5.11 Å². The van der Waals surface area contributed by atoms with Crippen molar-refractivity contribution in [2.45, 2.75) is 136 Å². The average molecular weight is 534 g/mol. The Labute approximate surface area is 234 Å². The fraction of sp³-hybridized carbons (Fsp3) is 0.758. The summed E-state index contributed by atoms with van der Waals surface area (Å²) in [6.07, 6.45) is 22.7. The molecule has 0 fully saturated rings. The number of carboxylic acids is 1. The van der Waals surface area contributed by atoms with E-state index in [9.17, 15) is 19.8 Å². The van der Waals surface area contributed by atoms with E-state index in [4.69, 9.17) is 0 Å². The highest BCUT2D eigenvalue weighted by Crippen LogP contribution is 2.20. The number of ketones is 1. The number of quaternary nitrogens is 1. The molecule has 0 heterocycles. The molecule has 0 spiro atoms. The molecule has 38 heavy (non-hydrogen) atoms. The predicted octanol–water partition coefficient (Wildman–Crippen LogP) is 8.08. The van der Waals surface area contributed by atoms with E-state index in [1.165, 1.54) is 126 Å². The lowest BCUT2D eigenvalue weighted by Gasteiger charge is -2.28. The number of carbonyl (C=O) groups is 2. The van der Waals surface area contributed by atoms with Gasteiger partial charge in [-0.2, -0.15) is 0 Å². The van der Waals surface area contributed by atoms with Crippen molar-refractivity contribution in [1.29, 1.82) is 0 Å². The zero-order chi connectivity index (χ0) is 28.7. The normalized spacial score (nSPS) is 11.2. The lowest BCUT2D eigenvalue weighted by molar-refractivity contribution is -0.888. The molecule has 0 radical (unpaired) electrons. The number of aromatic hydroxyl groups is 1. The van der Waals surface area contributed by atoms with Crippen LogP contribution in [0.15, 0.2) is 18.2 Å². The summed E-state index contributed by atoms with van der Waals surface area (Å²) in [6, 6.07) is 3.86. The average Bonchev–Trinajstić information content (AvgIpc) is 2.89. The maximum absolute atomic E-state index is 12.0. The predicted molar refractivity (Wildman–Crippen MR) is 159 cm³/mol. The van der Waals surface area contributed by atoms with Gasteiger partial charge in [-0.3, -0.25) is 4.79 Å². The van der Waals surface area contributed by atoms with Crippen LogP contribution in [0.4, 0.5) is 0 Å². The minimum Gasteiger partial charge on any atom is -0.545 e. The minimum atomic E-state index is -1.47. The van der Waals surface area contributed by atoms with Crippen LogP contribution >= 0.6 is 0 Å². The largest absolute Gasteiger partial charge is 0.545 e. The zero-order valence-electron chi connectivity index (χ0n) is 25.5. The van der Waals surface area contributed by atoms with Crippen molar-refractivity contribution in [2.75, 3.05) is 27.2 Å². The van der Waals surface area contributed by atoms with Crippen molar-refractivity contribution in [3.05, 3.63) is 29.3 Å². The molecular weight excluding hydrogens is 474 g/mol. The molecule has 5 nitrogen and oxygen atoms in total. The second-order valence-corrected chi connectivity index (χ2v) is 11.5. The third-order valence-corrected chi connectivity index (χ3v) is 7.52. The van der Waals surface area contributed by atoms with E-state index in [-0.39, 0.29) is 17.1 Å². The Morgan fingerprint density at radius 3 is 1.61 bits per heavy atom. The monoisotopic (exact) mass is 533 g/mol. The number of aromatic carboxylic acids is 1. The number of hydrogen-bond donors (Lipinski definition) is 1. The lowest BCUT2D eigenvalue weighted by Crippen LogP contribution is -2.39. The third kappa shape index (κ3) is 19.2. The van der Waals surface area contributed by atoms with E-state index in [2.05, 4.69) is 34.9 Å². The molecule has 1 aromatic rings. The third-order valence-electron chi connectivity index (χ3n) is 7.52. The van der Waals surface area contributed by atoms with Gasteiger partial charge >= 0.3 is 0 Å². The van der Waals surface area contributed by atoms with Crippen molar-refractivity contribution in [3.8, 4) is 5.75 Å². The molecule has 0 atom stereocenters. The van der Waals surface area contributed by atoms with Crippen LogP contribution in [0.3, 0.4) is 0 Å². The van der Waals surface area contributed by atoms with Crippen molar-refractivity contribution in [2.24, 2.45) is 0 Å². The summed E-state index contributed by atoms with van der Waals surface area (Å²) in [7, 11) is 4.68. The molecule has 1 N–H and O–H groups in total. The smallest absolute Gasteiger partial charge is 0.162 e. The number of hydrogen-bond acceptors (Lipinski definition) is 4. The molecular formula is C33H59NO4. The molecule has 0 aromatic heterocycles. The Bertz CT molecular complexity index is 745. The van der Waals surface area contributed by atoms with Gasteiger partial charge in [0.25, 0.3) is 0 Å².